The number of nitrogen functional groups attached to an aromatic ring is 1. The average molecular weight is 251 g/mol. The maximum atomic E-state index is 11.8. The molecular weight excluding hydrogens is 238 g/mol. The monoisotopic (exact) mass is 251 g/mol. The molecule has 0 radical (unpaired) electrons. The summed E-state index contributed by atoms with van der Waals surface area (Å²) in [5.74, 6) is -0.347. The van der Waals surface area contributed by atoms with E-state index in [0.29, 0.717) is 11.3 Å². The summed E-state index contributed by atoms with van der Waals surface area (Å²) < 4.78 is 4.82. The SMILES string of the molecule is COC(=O)c1ccc(N)c2c1ccc1ccccc12. The highest BCUT2D eigenvalue weighted by Gasteiger charge is 2.13. The van der Waals surface area contributed by atoms with Crippen molar-refractivity contribution in [1.82, 2.24) is 0 Å². The zero-order valence-electron chi connectivity index (χ0n) is 10.5. The summed E-state index contributed by atoms with van der Waals surface area (Å²) in [4.78, 5) is 11.8. The van der Waals surface area contributed by atoms with Crippen LogP contribution in [0.5, 0.6) is 0 Å². The Morgan fingerprint density at radius 2 is 1.79 bits per heavy atom. The van der Waals surface area contributed by atoms with E-state index in [1.807, 2.05) is 36.4 Å². The minimum atomic E-state index is -0.347. The molecule has 0 unspecified atom stereocenters. The third-order valence-electron chi connectivity index (χ3n) is 3.34. The number of carbonyl (C=O) groups is 1. The van der Waals surface area contributed by atoms with Crippen molar-refractivity contribution in [3.8, 4) is 0 Å². The van der Waals surface area contributed by atoms with Crippen molar-refractivity contribution in [3.05, 3.63) is 54.1 Å². The van der Waals surface area contributed by atoms with Gasteiger partial charge in [-0.1, -0.05) is 36.4 Å². The van der Waals surface area contributed by atoms with E-state index in [1.165, 1.54) is 7.11 Å². The lowest BCUT2D eigenvalue weighted by atomic mass is 9.97. The Morgan fingerprint density at radius 1 is 1.00 bits per heavy atom. The number of methoxy groups -OCH3 is 1. The summed E-state index contributed by atoms with van der Waals surface area (Å²) in [7, 11) is 1.38. The number of anilines is 1. The Kier molecular flexibility index (Phi) is 2.60. The predicted octanol–water partition coefficient (Wildman–Crippen LogP) is 3.36. The summed E-state index contributed by atoms with van der Waals surface area (Å²) in [6.07, 6.45) is 0. The fraction of sp³-hybridized carbons (Fsp3) is 0.0625. The normalized spacial score (nSPS) is 10.8. The molecule has 19 heavy (non-hydrogen) atoms. The Hall–Kier alpha value is -2.55. The lowest BCUT2D eigenvalue weighted by Crippen LogP contribution is -2.03. The second kappa shape index (κ2) is 4.28. The van der Waals surface area contributed by atoms with Gasteiger partial charge in [0.25, 0.3) is 0 Å². The van der Waals surface area contributed by atoms with Crippen LogP contribution in [0.4, 0.5) is 5.69 Å². The van der Waals surface area contributed by atoms with Gasteiger partial charge in [0.1, 0.15) is 0 Å². The summed E-state index contributed by atoms with van der Waals surface area (Å²) in [6, 6.07) is 15.3. The Morgan fingerprint density at radius 3 is 2.58 bits per heavy atom. The first kappa shape index (κ1) is 11.5. The van der Waals surface area contributed by atoms with Crippen LogP contribution in [-0.4, -0.2) is 13.1 Å². The summed E-state index contributed by atoms with van der Waals surface area (Å²) in [5, 5.41) is 3.87. The van der Waals surface area contributed by atoms with Crippen LogP contribution in [0.15, 0.2) is 48.5 Å². The van der Waals surface area contributed by atoms with Crippen LogP contribution in [0.2, 0.25) is 0 Å². The minimum absolute atomic E-state index is 0.347. The maximum Gasteiger partial charge on any atom is 0.338 e. The lowest BCUT2D eigenvalue weighted by Gasteiger charge is -2.10. The number of benzene rings is 3. The third-order valence-corrected chi connectivity index (χ3v) is 3.34. The highest BCUT2D eigenvalue weighted by atomic mass is 16.5. The summed E-state index contributed by atoms with van der Waals surface area (Å²) in [6.45, 7) is 0. The molecule has 0 amide bonds. The van der Waals surface area contributed by atoms with E-state index in [4.69, 9.17) is 10.5 Å². The third kappa shape index (κ3) is 1.71. The average Bonchev–Trinajstić information content (AvgIpc) is 2.46. The summed E-state index contributed by atoms with van der Waals surface area (Å²) >= 11 is 0. The molecule has 0 aliphatic rings. The molecule has 0 saturated heterocycles. The molecule has 0 fully saturated rings. The first-order chi connectivity index (χ1) is 9.22. The van der Waals surface area contributed by atoms with Gasteiger partial charge in [-0.2, -0.15) is 0 Å². The zero-order valence-corrected chi connectivity index (χ0v) is 10.5. The number of hydrogen-bond acceptors (Lipinski definition) is 3. The van der Waals surface area contributed by atoms with Gasteiger partial charge in [0.15, 0.2) is 0 Å². The molecule has 2 N–H and O–H groups in total. The van der Waals surface area contributed by atoms with Crippen molar-refractivity contribution < 1.29 is 9.53 Å². The Labute approximate surface area is 110 Å². The highest BCUT2D eigenvalue weighted by molar-refractivity contribution is 6.18. The molecule has 3 heteroatoms. The van der Waals surface area contributed by atoms with Crippen LogP contribution in [0.25, 0.3) is 21.5 Å². The van der Waals surface area contributed by atoms with E-state index in [-0.39, 0.29) is 5.97 Å². The number of fused-ring (bicyclic) bond motifs is 3. The van der Waals surface area contributed by atoms with Gasteiger partial charge in [0, 0.05) is 11.1 Å². The number of nitrogens with two attached hydrogens (primary N) is 1. The molecule has 3 aromatic carbocycles. The second-order valence-corrected chi connectivity index (χ2v) is 4.40. The number of ether oxygens (including phenoxy) is 1. The van der Waals surface area contributed by atoms with Crippen molar-refractivity contribution >= 4 is 33.2 Å². The first-order valence-electron chi connectivity index (χ1n) is 6.00. The van der Waals surface area contributed by atoms with E-state index < -0.39 is 0 Å². The fourth-order valence-electron chi connectivity index (χ4n) is 2.44. The zero-order chi connectivity index (χ0) is 13.4. The molecule has 0 spiro atoms. The molecule has 0 saturated carbocycles. The molecule has 0 aromatic heterocycles. The highest BCUT2D eigenvalue weighted by Crippen LogP contribution is 2.32. The van der Waals surface area contributed by atoms with E-state index in [1.54, 1.807) is 12.1 Å². The molecule has 0 bridgehead atoms. The van der Waals surface area contributed by atoms with Gasteiger partial charge in [-0.05, 0) is 28.3 Å². The number of hydrogen-bond donors (Lipinski definition) is 1. The Bertz CT molecular complexity index is 793. The van der Waals surface area contributed by atoms with Gasteiger partial charge in [-0.3, -0.25) is 0 Å². The van der Waals surface area contributed by atoms with Crippen molar-refractivity contribution in [1.29, 1.82) is 0 Å². The molecule has 0 atom stereocenters. The van der Waals surface area contributed by atoms with Crippen LogP contribution in [0.3, 0.4) is 0 Å². The largest absolute Gasteiger partial charge is 0.465 e. The van der Waals surface area contributed by atoms with Gasteiger partial charge in [-0.25, -0.2) is 4.79 Å². The van der Waals surface area contributed by atoms with Crippen LogP contribution in [0, 0.1) is 0 Å². The first-order valence-corrected chi connectivity index (χ1v) is 6.00. The van der Waals surface area contributed by atoms with Gasteiger partial charge in [0.05, 0.1) is 12.7 Å². The summed E-state index contributed by atoms with van der Waals surface area (Å²) in [5.41, 5.74) is 7.29. The molecular formula is C16H13NO2. The van der Waals surface area contributed by atoms with Crippen LogP contribution in [0.1, 0.15) is 10.4 Å². The molecule has 94 valence electrons. The van der Waals surface area contributed by atoms with Crippen LogP contribution < -0.4 is 5.73 Å². The predicted molar refractivity (Wildman–Crippen MR) is 77.2 cm³/mol. The van der Waals surface area contributed by atoms with Gasteiger partial charge >= 0.3 is 5.97 Å². The van der Waals surface area contributed by atoms with Crippen LogP contribution in [-0.2, 0) is 4.74 Å². The standard InChI is InChI=1S/C16H13NO2/c1-19-16(18)13-8-9-14(17)15-11-5-3-2-4-10(11)6-7-12(13)15/h2-9H,17H2,1H3. The Balaban J connectivity index is 2.50. The van der Waals surface area contributed by atoms with E-state index in [2.05, 4.69) is 0 Å². The fourth-order valence-corrected chi connectivity index (χ4v) is 2.44. The number of esters is 1. The minimum Gasteiger partial charge on any atom is -0.465 e. The van der Waals surface area contributed by atoms with Crippen molar-refractivity contribution in [2.24, 2.45) is 0 Å². The topological polar surface area (TPSA) is 52.3 Å². The van der Waals surface area contributed by atoms with Crippen LogP contribution >= 0.6 is 0 Å². The second-order valence-electron chi connectivity index (χ2n) is 4.40. The molecule has 3 aromatic rings. The number of carbonyl (C=O) groups excluding carboxylic acids is 1. The van der Waals surface area contributed by atoms with Gasteiger partial charge < -0.3 is 10.5 Å². The molecule has 3 rings (SSSR count). The van der Waals surface area contributed by atoms with E-state index in [0.717, 1.165) is 21.5 Å². The quantitative estimate of drug-likeness (QED) is 0.410. The maximum absolute atomic E-state index is 11.8. The van der Waals surface area contributed by atoms with E-state index >= 15 is 0 Å². The van der Waals surface area contributed by atoms with Crippen molar-refractivity contribution in [2.75, 3.05) is 12.8 Å². The number of rotatable bonds is 1. The van der Waals surface area contributed by atoms with Crippen molar-refractivity contribution in [2.45, 2.75) is 0 Å². The van der Waals surface area contributed by atoms with E-state index in [9.17, 15) is 4.79 Å². The van der Waals surface area contributed by atoms with Gasteiger partial charge in [0.2, 0.25) is 0 Å². The molecule has 0 heterocycles. The lowest BCUT2D eigenvalue weighted by molar-refractivity contribution is 0.0603. The molecule has 0 aliphatic heterocycles. The molecule has 3 nitrogen and oxygen atoms in total. The smallest absolute Gasteiger partial charge is 0.338 e. The molecule has 0 aliphatic carbocycles. The van der Waals surface area contributed by atoms with Crippen molar-refractivity contribution in [3.63, 3.8) is 0 Å². The van der Waals surface area contributed by atoms with Gasteiger partial charge in [-0.15, -0.1) is 0 Å².